The Morgan fingerprint density at radius 2 is 1.97 bits per heavy atom. The van der Waals surface area contributed by atoms with E-state index >= 15 is 0 Å². The van der Waals surface area contributed by atoms with Crippen molar-refractivity contribution in [2.75, 3.05) is 20.2 Å². The first-order valence-corrected chi connectivity index (χ1v) is 8.66. The SMILES string of the molecule is COc1ccc(-c2noc(C(=O)NCCNC(=O)Cn3cc([N+](=O)[O-])cn3)n2)cc1. The van der Waals surface area contributed by atoms with E-state index in [1.807, 2.05) is 0 Å². The largest absolute Gasteiger partial charge is 0.497 e. The van der Waals surface area contributed by atoms with Crippen LogP contribution < -0.4 is 15.4 Å². The maximum atomic E-state index is 12.1. The van der Waals surface area contributed by atoms with E-state index in [2.05, 4.69) is 25.9 Å². The number of rotatable bonds is 9. The maximum absolute atomic E-state index is 12.1. The van der Waals surface area contributed by atoms with Gasteiger partial charge in [0.2, 0.25) is 11.7 Å². The smallest absolute Gasteiger partial charge is 0.316 e. The average Bonchev–Trinajstić information content (AvgIpc) is 3.41. The van der Waals surface area contributed by atoms with Crippen LogP contribution in [0.25, 0.3) is 11.4 Å². The topological polar surface area (TPSA) is 167 Å². The molecule has 2 N–H and O–H groups in total. The summed E-state index contributed by atoms with van der Waals surface area (Å²) in [6.45, 7) is 0.0636. The molecule has 0 atom stereocenters. The molecule has 0 unspecified atom stereocenters. The van der Waals surface area contributed by atoms with Gasteiger partial charge in [0.05, 0.1) is 12.0 Å². The van der Waals surface area contributed by atoms with Crippen LogP contribution in [0.4, 0.5) is 5.69 Å². The summed E-state index contributed by atoms with van der Waals surface area (Å²) in [5.41, 5.74) is 0.452. The maximum Gasteiger partial charge on any atom is 0.316 e. The zero-order valence-electron chi connectivity index (χ0n) is 15.8. The number of carbonyl (C=O) groups is 2. The van der Waals surface area contributed by atoms with Crippen LogP contribution in [0.1, 0.15) is 10.7 Å². The lowest BCUT2D eigenvalue weighted by Gasteiger charge is -2.05. The summed E-state index contributed by atoms with van der Waals surface area (Å²) >= 11 is 0. The number of aromatic nitrogens is 4. The molecule has 0 aliphatic carbocycles. The van der Waals surface area contributed by atoms with Gasteiger partial charge in [0.15, 0.2) is 0 Å². The second-order valence-corrected chi connectivity index (χ2v) is 5.91. The Morgan fingerprint density at radius 1 is 1.23 bits per heavy atom. The molecule has 13 heteroatoms. The summed E-state index contributed by atoms with van der Waals surface area (Å²) in [7, 11) is 1.55. The summed E-state index contributed by atoms with van der Waals surface area (Å²) in [5, 5.41) is 23.2. The molecule has 0 fully saturated rings. The van der Waals surface area contributed by atoms with Crippen molar-refractivity contribution >= 4 is 17.5 Å². The fraction of sp³-hybridized carbons (Fsp3) is 0.235. The highest BCUT2D eigenvalue weighted by atomic mass is 16.6. The molecule has 30 heavy (non-hydrogen) atoms. The first kappa shape index (κ1) is 20.4. The van der Waals surface area contributed by atoms with Crippen molar-refractivity contribution in [2.45, 2.75) is 6.54 Å². The number of nitro groups is 1. The van der Waals surface area contributed by atoms with Crippen LogP contribution in [0.15, 0.2) is 41.2 Å². The van der Waals surface area contributed by atoms with Gasteiger partial charge >= 0.3 is 17.5 Å². The van der Waals surface area contributed by atoms with Crippen molar-refractivity contribution in [3.63, 3.8) is 0 Å². The lowest BCUT2D eigenvalue weighted by Crippen LogP contribution is -2.36. The summed E-state index contributed by atoms with van der Waals surface area (Å²) in [4.78, 5) is 37.9. The molecule has 13 nitrogen and oxygen atoms in total. The molecule has 0 radical (unpaired) electrons. The van der Waals surface area contributed by atoms with Gasteiger partial charge in [-0.05, 0) is 24.3 Å². The zero-order valence-corrected chi connectivity index (χ0v) is 15.8. The summed E-state index contributed by atoms with van der Waals surface area (Å²) in [6.07, 6.45) is 2.20. The number of amides is 2. The predicted octanol–water partition coefficient (Wildman–Crippen LogP) is 0.396. The molecule has 0 saturated carbocycles. The number of nitrogens with one attached hydrogen (secondary N) is 2. The van der Waals surface area contributed by atoms with Gasteiger partial charge in [-0.25, -0.2) is 0 Å². The Morgan fingerprint density at radius 3 is 2.63 bits per heavy atom. The normalized spacial score (nSPS) is 10.4. The molecule has 3 rings (SSSR count). The first-order valence-electron chi connectivity index (χ1n) is 8.66. The van der Waals surface area contributed by atoms with E-state index in [0.717, 1.165) is 17.1 Å². The lowest BCUT2D eigenvalue weighted by atomic mass is 10.2. The van der Waals surface area contributed by atoms with Gasteiger partial charge in [-0.2, -0.15) is 10.1 Å². The highest BCUT2D eigenvalue weighted by Crippen LogP contribution is 2.19. The average molecular weight is 415 g/mol. The Kier molecular flexibility index (Phi) is 6.32. The van der Waals surface area contributed by atoms with Crippen LogP contribution in [0.2, 0.25) is 0 Å². The van der Waals surface area contributed by atoms with Crippen LogP contribution in [0.5, 0.6) is 5.75 Å². The molecule has 2 amide bonds. The van der Waals surface area contributed by atoms with Gasteiger partial charge in [-0.1, -0.05) is 5.16 Å². The van der Waals surface area contributed by atoms with Crippen LogP contribution >= 0.6 is 0 Å². The minimum Gasteiger partial charge on any atom is -0.497 e. The Bertz CT molecular complexity index is 1040. The molecule has 1 aromatic carbocycles. The van der Waals surface area contributed by atoms with E-state index in [0.29, 0.717) is 11.3 Å². The van der Waals surface area contributed by atoms with Gasteiger partial charge in [0.25, 0.3) is 0 Å². The van der Waals surface area contributed by atoms with Crippen molar-refractivity contribution in [1.29, 1.82) is 0 Å². The third kappa shape index (κ3) is 5.15. The monoisotopic (exact) mass is 415 g/mol. The molecule has 0 bridgehead atoms. The van der Waals surface area contributed by atoms with Crippen molar-refractivity contribution < 1.29 is 23.8 Å². The van der Waals surface area contributed by atoms with E-state index in [-0.39, 0.29) is 37.0 Å². The number of benzene rings is 1. The molecule has 0 saturated heterocycles. The van der Waals surface area contributed by atoms with Crippen LogP contribution in [-0.4, -0.2) is 56.9 Å². The molecule has 2 heterocycles. The zero-order chi connectivity index (χ0) is 21.5. The van der Waals surface area contributed by atoms with E-state index < -0.39 is 16.7 Å². The van der Waals surface area contributed by atoms with E-state index in [4.69, 9.17) is 9.26 Å². The number of ether oxygens (including phenoxy) is 1. The fourth-order valence-electron chi connectivity index (χ4n) is 2.36. The minimum atomic E-state index is -0.603. The molecular formula is C17H17N7O6. The molecule has 156 valence electrons. The third-order valence-corrected chi connectivity index (χ3v) is 3.84. The second-order valence-electron chi connectivity index (χ2n) is 5.91. The fourth-order valence-corrected chi connectivity index (χ4v) is 2.36. The lowest BCUT2D eigenvalue weighted by molar-refractivity contribution is -0.385. The van der Waals surface area contributed by atoms with Gasteiger partial charge in [0, 0.05) is 18.7 Å². The van der Waals surface area contributed by atoms with Crippen LogP contribution in [-0.2, 0) is 11.3 Å². The van der Waals surface area contributed by atoms with Crippen molar-refractivity contribution in [3.8, 4) is 17.1 Å². The first-order chi connectivity index (χ1) is 14.5. The summed E-state index contributed by atoms with van der Waals surface area (Å²) < 4.78 is 11.2. The number of hydrogen-bond acceptors (Lipinski definition) is 9. The Balaban J connectivity index is 1.42. The number of hydrogen-bond donors (Lipinski definition) is 2. The molecular weight excluding hydrogens is 398 g/mol. The van der Waals surface area contributed by atoms with Gasteiger partial charge in [0.1, 0.15) is 24.7 Å². The number of carbonyl (C=O) groups excluding carboxylic acids is 2. The van der Waals surface area contributed by atoms with Crippen molar-refractivity contribution in [2.24, 2.45) is 0 Å². The highest BCUT2D eigenvalue weighted by molar-refractivity contribution is 5.89. The minimum absolute atomic E-state index is 0.115. The van der Waals surface area contributed by atoms with E-state index in [9.17, 15) is 19.7 Å². The van der Waals surface area contributed by atoms with Crippen LogP contribution in [0, 0.1) is 10.1 Å². The van der Waals surface area contributed by atoms with Gasteiger partial charge in [-0.15, -0.1) is 0 Å². The summed E-state index contributed by atoms with van der Waals surface area (Å²) in [5.74, 6) is -0.283. The van der Waals surface area contributed by atoms with E-state index in [1.165, 1.54) is 0 Å². The highest BCUT2D eigenvalue weighted by Gasteiger charge is 2.16. The van der Waals surface area contributed by atoms with Crippen molar-refractivity contribution in [1.82, 2.24) is 30.6 Å². The predicted molar refractivity (Wildman–Crippen MR) is 101 cm³/mol. The second kappa shape index (κ2) is 9.27. The number of nitrogens with zero attached hydrogens (tertiary/aromatic N) is 5. The van der Waals surface area contributed by atoms with E-state index in [1.54, 1.807) is 31.4 Å². The van der Waals surface area contributed by atoms with Gasteiger partial charge < -0.3 is 19.9 Å². The Hall–Kier alpha value is -4.29. The standard InChI is InChI=1S/C17H17N7O6/c1-29-13-4-2-11(3-5-13)15-21-17(30-22-15)16(26)19-7-6-18-14(25)10-23-9-12(8-20-23)24(27)28/h2-5,8-9H,6-7,10H2,1H3,(H,18,25)(H,19,26). The third-order valence-electron chi connectivity index (χ3n) is 3.84. The molecule has 3 aromatic rings. The van der Waals surface area contributed by atoms with Gasteiger partial charge in [-0.3, -0.25) is 24.4 Å². The molecule has 0 aliphatic rings. The number of methoxy groups -OCH3 is 1. The molecule has 2 aromatic heterocycles. The van der Waals surface area contributed by atoms with Crippen molar-refractivity contribution in [3.05, 3.63) is 52.7 Å². The molecule has 0 spiro atoms. The van der Waals surface area contributed by atoms with Crippen LogP contribution in [0.3, 0.4) is 0 Å². The summed E-state index contributed by atoms with van der Waals surface area (Å²) in [6, 6.07) is 6.93. The molecule has 0 aliphatic heterocycles. The Labute approximate surface area is 169 Å². The quantitative estimate of drug-likeness (QED) is 0.285.